The minimum Gasteiger partial charge on any atom is -0.457 e. The molecule has 1 heterocycles. The molecule has 1 aromatic heterocycles. The molecule has 0 fully saturated rings. The fourth-order valence-corrected chi connectivity index (χ4v) is 2.91. The maximum atomic E-state index is 13.3. The van der Waals surface area contributed by atoms with Crippen LogP contribution in [0.25, 0.3) is 0 Å². The molecule has 4 nitrogen and oxygen atoms in total. The van der Waals surface area contributed by atoms with Crippen molar-refractivity contribution in [1.82, 2.24) is 4.98 Å². The van der Waals surface area contributed by atoms with Crippen LogP contribution in [-0.4, -0.2) is 17.6 Å². The Morgan fingerprint density at radius 1 is 0.885 bits per heavy atom. The Kier molecular flexibility index (Phi) is 5.77. The van der Waals surface area contributed by atoms with E-state index in [1.807, 2.05) is 85.8 Å². The van der Waals surface area contributed by atoms with Gasteiger partial charge in [-0.1, -0.05) is 66.7 Å². The molecule has 0 bridgehead atoms. The molecule has 0 aliphatic rings. The van der Waals surface area contributed by atoms with Crippen molar-refractivity contribution in [1.29, 1.82) is 0 Å². The molecule has 0 amide bonds. The van der Waals surface area contributed by atoms with E-state index >= 15 is 0 Å². The van der Waals surface area contributed by atoms with E-state index in [1.165, 1.54) is 0 Å². The van der Waals surface area contributed by atoms with Gasteiger partial charge in [-0.2, -0.15) is 0 Å². The number of hydrogen-bond acceptors (Lipinski definition) is 4. The first kappa shape index (κ1) is 17.8. The van der Waals surface area contributed by atoms with Gasteiger partial charge in [0, 0.05) is 12.8 Å². The Hall–Kier alpha value is -2.98. The maximum absolute atomic E-state index is 13.3. The first-order valence-electron chi connectivity index (χ1n) is 8.59. The van der Waals surface area contributed by atoms with E-state index in [-0.39, 0.29) is 6.61 Å². The average molecular weight is 347 g/mol. The van der Waals surface area contributed by atoms with E-state index in [9.17, 15) is 4.79 Å². The number of rotatable bonds is 7. The number of ether oxygens (including phenoxy) is 2. The van der Waals surface area contributed by atoms with Gasteiger partial charge in [-0.05, 0) is 30.2 Å². The van der Waals surface area contributed by atoms with Crippen LogP contribution in [-0.2, 0) is 26.5 Å². The van der Waals surface area contributed by atoms with E-state index in [2.05, 4.69) is 4.98 Å². The van der Waals surface area contributed by atoms with E-state index in [4.69, 9.17) is 9.47 Å². The summed E-state index contributed by atoms with van der Waals surface area (Å²) in [6.07, 6.45) is 1.67. The van der Waals surface area contributed by atoms with Gasteiger partial charge in [-0.3, -0.25) is 4.98 Å². The zero-order chi connectivity index (χ0) is 18.2. The summed E-state index contributed by atoms with van der Waals surface area (Å²) in [5, 5.41) is 0. The van der Waals surface area contributed by atoms with Crippen molar-refractivity contribution in [3.8, 4) is 0 Å². The molecule has 0 saturated heterocycles. The number of carbonyl (C=O) groups excluding carboxylic acids is 1. The average Bonchev–Trinajstić information content (AvgIpc) is 2.72. The summed E-state index contributed by atoms with van der Waals surface area (Å²) in [4.78, 5) is 17.5. The predicted octanol–water partition coefficient (Wildman–Crippen LogP) is 4.11. The summed E-state index contributed by atoms with van der Waals surface area (Å²) in [6.45, 7) is 2.32. The summed E-state index contributed by atoms with van der Waals surface area (Å²) in [6, 6.07) is 24.4. The third-order valence-corrected chi connectivity index (χ3v) is 4.09. The maximum Gasteiger partial charge on any atom is 0.348 e. The SMILES string of the molecule is CCOC(C(=O)OCc1ccccn1)(c1ccccc1)c1ccccc1. The highest BCUT2D eigenvalue weighted by Gasteiger charge is 2.44. The van der Waals surface area contributed by atoms with Gasteiger partial charge in [0.05, 0.1) is 5.69 Å². The number of pyridine rings is 1. The molecule has 0 spiro atoms. The predicted molar refractivity (Wildman–Crippen MR) is 99.3 cm³/mol. The van der Waals surface area contributed by atoms with Gasteiger partial charge < -0.3 is 9.47 Å². The number of hydrogen-bond donors (Lipinski definition) is 0. The lowest BCUT2D eigenvalue weighted by Gasteiger charge is -2.32. The molecule has 0 saturated carbocycles. The Morgan fingerprint density at radius 3 is 1.96 bits per heavy atom. The molecule has 0 radical (unpaired) electrons. The van der Waals surface area contributed by atoms with Crippen molar-refractivity contribution in [3.05, 3.63) is 102 Å². The molecule has 0 atom stereocenters. The number of benzene rings is 2. The zero-order valence-corrected chi connectivity index (χ0v) is 14.7. The monoisotopic (exact) mass is 347 g/mol. The highest BCUT2D eigenvalue weighted by atomic mass is 16.6. The molecule has 26 heavy (non-hydrogen) atoms. The summed E-state index contributed by atoms with van der Waals surface area (Å²) in [5.41, 5.74) is 0.844. The highest BCUT2D eigenvalue weighted by molar-refractivity contribution is 5.85. The first-order chi connectivity index (χ1) is 12.8. The molecule has 132 valence electrons. The Labute approximate surface area is 153 Å². The molecule has 0 aliphatic heterocycles. The van der Waals surface area contributed by atoms with Crippen LogP contribution in [0.3, 0.4) is 0 Å². The van der Waals surface area contributed by atoms with Crippen molar-refractivity contribution < 1.29 is 14.3 Å². The minimum absolute atomic E-state index is 0.0914. The van der Waals surface area contributed by atoms with Gasteiger partial charge in [0.1, 0.15) is 6.61 Å². The van der Waals surface area contributed by atoms with Crippen LogP contribution in [0.4, 0.5) is 0 Å². The van der Waals surface area contributed by atoms with Crippen molar-refractivity contribution in [2.45, 2.75) is 19.1 Å². The van der Waals surface area contributed by atoms with Crippen LogP contribution in [0.2, 0.25) is 0 Å². The third-order valence-electron chi connectivity index (χ3n) is 4.09. The Bertz CT molecular complexity index is 780. The summed E-state index contributed by atoms with van der Waals surface area (Å²) >= 11 is 0. The summed E-state index contributed by atoms with van der Waals surface area (Å²) in [7, 11) is 0. The number of carbonyl (C=O) groups is 1. The van der Waals surface area contributed by atoms with Gasteiger partial charge in [-0.25, -0.2) is 4.79 Å². The van der Waals surface area contributed by atoms with Gasteiger partial charge in [-0.15, -0.1) is 0 Å². The number of aromatic nitrogens is 1. The number of nitrogens with zero attached hydrogens (tertiary/aromatic N) is 1. The van der Waals surface area contributed by atoms with E-state index in [0.717, 1.165) is 11.1 Å². The molecule has 3 rings (SSSR count). The van der Waals surface area contributed by atoms with E-state index in [0.29, 0.717) is 12.3 Å². The lowest BCUT2D eigenvalue weighted by molar-refractivity contribution is -0.169. The van der Waals surface area contributed by atoms with Crippen LogP contribution in [0.1, 0.15) is 23.7 Å². The molecule has 0 aliphatic carbocycles. The molecule has 4 heteroatoms. The van der Waals surface area contributed by atoms with E-state index in [1.54, 1.807) is 6.20 Å². The molecule has 0 N–H and O–H groups in total. The van der Waals surface area contributed by atoms with E-state index < -0.39 is 11.6 Å². The Morgan fingerprint density at radius 2 is 1.46 bits per heavy atom. The highest BCUT2D eigenvalue weighted by Crippen LogP contribution is 2.35. The molecule has 0 unspecified atom stereocenters. The second-order valence-corrected chi connectivity index (χ2v) is 5.74. The lowest BCUT2D eigenvalue weighted by Crippen LogP contribution is -2.41. The fraction of sp³-hybridized carbons (Fsp3) is 0.182. The van der Waals surface area contributed by atoms with Crippen molar-refractivity contribution >= 4 is 5.97 Å². The molecule has 2 aromatic carbocycles. The van der Waals surface area contributed by atoms with Crippen molar-refractivity contribution in [2.75, 3.05) is 6.61 Å². The minimum atomic E-state index is -1.31. The third kappa shape index (κ3) is 3.65. The van der Waals surface area contributed by atoms with Gasteiger partial charge >= 0.3 is 5.97 Å². The standard InChI is InChI=1S/C22H21NO3/c1-2-26-22(18-11-5-3-6-12-18,19-13-7-4-8-14-19)21(24)25-17-20-15-9-10-16-23-20/h3-16H,2,17H2,1H3. The first-order valence-corrected chi connectivity index (χ1v) is 8.59. The van der Waals surface area contributed by atoms with Gasteiger partial charge in [0.2, 0.25) is 5.60 Å². The second kappa shape index (κ2) is 8.41. The van der Waals surface area contributed by atoms with Crippen LogP contribution in [0.15, 0.2) is 85.1 Å². The van der Waals surface area contributed by atoms with Crippen LogP contribution >= 0.6 is 0 Å². The number of esters is 1. The van der Waals surface area contributed by atoms with Crippen LogP contribution in [0.5, 0.6) is 0 Å². The van der Waals surface area contributed by atoms with Crippen LogP contribution in [0, 0.1) is 0 Å². The molecule has 3 aromatic rings. The molecular weight excluding hydrogens is 326 g/mol. The topological polar surface area (TPSA) is 48.4 Å². The van der Waals surface area contributed by atoms with Crippen molar-refractivity contribution in [3.63, 3.8) is 0 Å². The smallest absolute Gasteiger partial charge is 0.348 e. The second-order valence-electron chi connectivity index (χ2n) is 5.74. The van der Waals surface area contributed by atoms with Crippen LogP contribution < -0.4 is 0 Å². The Balaban J connectivity index is 2.00. The molecular formula is C22H21NO3. The lowest BCUT2D eigenvalue weighted by atomic mass is 9.86. The van der Waals surface area contributed by atoms with Gasteiger partial charge in [0.25, 0.3) is 0 Å². The largest absolute Gasteiger partial charge is 0.457 e. The van der Waals surface area contributed by atoms with Crippen molar-refractivity contribution in [2.24, 2.45) is 0 Å². The normalized spacial score (nSPS) is 11.1. The fourth-order valence-electron chi connectivity index (χ4n) is 2.91. The zero-order valence-electron chi connectivity index (χ0n) is 14.7. The summed E-state index contributed by atoms with van der Waals surface area (Å²) < 4.78 is 11.7. The summed E-state index contributed by atoms with van der Waals surface area (Å²) in [5.74, 6) is -0.456. The van der Waals surface area contributed by atoms with Gasteiger partial charge in [0.15, 0.2) is 0 Å². The quantitative estimate of drug-likeness (QED) is 0.604.